The lowest BCUT2D eigenvalue weighted by molar-refractivity contribution is -0.274. The summed E-state index contributed by atoms with van der Waals surface area (Å²) in [5, 5.41) is 7.61. The smallest absolute Gasteiger partial charge is 0.406 e. The number of benzene rings is 3. The van der Waals surface area contributed by atoms with Crippen molar-refractivity contribution < 1.29 is 27.5 Å². The van der Waals surface area contributed by atoms with Crippen molar-refractivity contribution >= 4 is 34.6 Å². The Kier molecular flexibility index (Phi) is 9.10. The van der Waals surface area contributed by atoms with Crippen molar-refractivity contribution in [3.63, 3.8) is 0 Å². The van der Waals surface area contributed by atoms with E-state index in [0.29, 0.717) is 23.2 Å². The van der Waals surface area contributed by atoms with Gasteiger partial charge in [0.1, 0.15) is 12.1 Å². The summed E-state index contributed by atoms with van der Waals surface area (Å²) in [7, 11) is 0. The summed E-state index contributed by atoms with van der Waals surface area (Å²) < 4.78 is 42.5. The Balaban J connectivity index is 1.08. The number of halogens is 3. The molecule has 13 heteroatoms. The van der Waals surface area contributed by atoms with Crippen LogP contribution in [0.3, 0.4) is 0 Å². The molecule has 9 nitrogen and oxygen atoms in total. The number of rotatable bonds is 9. The summed E-state index contributed by atoms with van der Waals surface area (Å²) in [6, 6.07) is 20.2. The second kappa shape index (κ2) is 13.1. The third kappa shape index (κ3) is 7.80. The Morgan fingerprint density at radius 1 is 1.05 bits per heavy atom. The SMILES string of the molecule is Cc1ccccc1N1C(=O)CSC1=NC(=O)NCCCCc1ccc(-c2ncn(-c3ccc(OC(F)(F)F)cc3)n2)cc1. The molecule has 3 aromatic carbocycles. The molecule has 3 amide bonds. The Hall–Kier alpha value is -4.65. The van der Waals surface area contributed by atoms with Crippen LogP contribution in [0.15, 0.2) is 84.1 Å². The largest absolute Gasteiger partial charge is 0.573 e. The number of anilines is 1. The highest BCUT2D eigenvalue weighted by atomic mass is 32.2. The van der Waals surface area contributed by atoms with Gasteiger partial charge in [-0.25, -0.2) is 14.5 Å². The highest BCUT2D eigenvalue weighted by Gasteiger charge is 2.32. The highest BCUT2D eigenvalue weighted by molar-refractivity contribution is 8.15. The number of nitrogens with zero attached hydrogens (tertiary/aromatic N) is 5. The van der Waals surface area contributed by atoms with Crippen molar-refractivity contribution in [2.45, 2.75) is 32.5 Å². The molecule has 0 atom stereocenters. The van der Waals surface area contributed by atoms with Crippen molar-refractivity contribution in [1.82, 2.24) is 20.1 Å². The molecule has 0 aliphatic carbocycles. The van der Waals surface area contributed by atoms with Gasteiger partial charge in [-0.3, -0.25) is 9.69 Å². The first-order valence-electron chi connectivity index (χ1n) is 13.4. The number of amidine groups is 1. The molecule has 4 aromatic rings. The molecule has 0 unspecified atom stereocenters. The van der Waals surface area contributed by atoms with Crippen LogP contribution in [-0.4, -0.2) is 50.5 Å². The van der Waals surface area contributed by atoms with Crippen LogP contribution >= 0.6 is 11.8 Å². The van der Waals surface area contributed by atoms with Gasteiger partial charge in [0.05, 0.1) is 17.1 Å². The number of aryl methyl sites for hydroxylation is 2. The number of unbranched alkanes of at least 4 members (excludes halogenated alkanes) is 1. The van der Waals surface area contributed by atoms with Crippen LogP contribution < -0.4 is 15.0 Å². The first-order valence-corrected chi connectivity index (χ1v) is 14.4. The van der Waals surface area contributed by atoms with Crippen molar-refractivity contribution in [2.24, 2.45) is 4.99 Å². The number of aliphatic imine (C=N–C) groups is 1. The zero-order chi connectivity index (χ0) is 30.4. The van der Waals surface area contributed by atoms with E-state index < -0.39 is 12.4 Å². The van der Waals surface area contributed by atoms with E-state index in [-0.39, 0.29) is 17.4 Å². The molecule has 222 valence electrons. The predicted octanol–water partition coefficient (Wildman–Crippen LogP) is 6.31. The van der Waals surface area contributed by atoms with Crippen LogP contribution in [0.5, 0.6) is 5.75 Å². The number of carbonyl (C=O) groups is 2. The minimum absolute atomic E-state index is 0.103. The maximum atomic E-state index is 12.4. The molecule has 0 saturated carbocycles. The fraction of sp³-hybridized carbons (Fsp3) is 0.233. The van der Waals surface area contributed by atoms with Crippen molar-refractivity contribution in [3.05, 3.63) is 90.3 Å². The normalized spacial score (nSPS) is 14.4. The van der Waals surface area contributed by atoms with Gasteiger partial charge in [0.2, 0.25) is 5.91 Å². The van der Waals surface area contributed by atoms with Crippen molar-refractivity contribution in [1.29, 1.82) is 0 Å². The third-order valence-electron chi connectivity index (χ3n) is 6.53. The molecule has 0 bridgehead atoms. The number of carbonyl (C=O) groups excluding carboxylic acids is 2. The summed E-state index contributed by atoms with van der Waals surface area (Å²) in [6.07, 6.45) is -0.845. The average molecular weight is 609 g/mol. The van der Waals surface area contributed by atoms with Gasteiger partial charge >= 0.3 is 12.4 Å². The molecular weight excluding hydrogens is 581 g/mol. The number of aromatic nitrogens is 3. The summed E-state index contributed by atoms with van der Waals surface area (Å²) in [4.78, 5) is 34.8. The van der Waals surface area contributed by atoms with Crippen LogP contribution in [-0.2, 0) is 11.2 Å². The second-order valence-electron chi connectivity index (χ2n) is 9.64. The first-order chi connectivity index (χ1) is 20.7. The minimum atomic E-state index is -4.75. The fourth-order valence-corrected chi connectivity index (χ4v) is 5.27. The highest BCUT2D eigenvalue weighted by Crippen LogP contribution is 2.29. The summed E-state index contributed by atoms with van der Waals surface area (Å²) in [5.41, 5.74) is 4.12. The number of alkyl halides is 3. The quantitative estimate of drug-likeness (QED) is 0.224. The molecular formula is C30H27F3N6O3S. The van der Waals surface area contributed by atoms with Gasteiger partial charge in [-0.2, -0.15) is 4.99 Å². The molecule has 0 radical (unpaired) electrons. The number of nitrogens with one attached hydrogen (secondary N) is 1. The molecule has 1 aliphatic rings. The monoisotopic (exact) mass is 608 g/mol. The van der Waals surface area contributed by atoms with Crippen molar-refractivity contribution in [3.8, 4) is 22.8 Å². The van der Waals surface area contributed by atoms with Gasteiger partial charge < -0.3 is 10.1 Å². The van der Waals surface area contributed by atoms with Gasteiger partial charge in [0, 0.05) is 12.1 Å². The average Bonchev–Trinajstić information content (AvgIpc) is 3.60. The van der Waals surface area contributed by atoms with E-state index in [1.807, 2.05) is 55.5 Å². The third-order valence-corrected chi connectivity index (χ3v) is 7.45. The Morgan fingerprint density at radius 3 is 2.51 bits per heavy atom. The molecule has 1 aliphatic heterocycles. The maximum Gasteiger partial charge on any atom is 0.573 e. The Labute approximate surface area is 249 Å². The number of urea groups is 1. The Bertz CT molecular complexity index is 1620. The molecule has 0 spiro atoms. The molecule has 5 rings (SSSR count). The molecule has 1 fully saturated rings. The van der Waals surface area contributed by atoms with E-state index in [1.54, 1.807) is 0 Å². The lowest BCUT2D eigenvalue weighted by Crippen LogP contribution is -2.32. The van der Waals surface area contributed by atoms with Crippen molar-refractivity contribution in [2.75, 3.05) is 17.2 Å². The zero-order valence-corrected chi connectivity index (χ0v) is 23.9. The minimum Gasteiger partial charge on any atom is -0.406 e. The number of amides is 3. The van der Waals surface area contributed by atoms with Gasteiger partial charge in [-0.15, -0.1) is 18.3 Å². The maximum absolute atomic E-state index is 12.4. The molecule has 2 heterocycles. The lowest BCUT2D eigenvalue weighted by Gasteiger charge is -2.18. The van der Waals surface area contributed by atoms with Crippen LogP contribution in [0, 0.1) is 6.92 Å². The van der Waals surface area contributed by atoms with Gasteiger partial charge in [0.25, 0.3) is 0 Å². The topological polar surface area (TPSA) is 102 Å². The Morgan fingerprint density at radius 2 is 1.79 bits per heavy atom. The van der Waals surface area contributed by atoms with E-state index >= 15 is 0 Å². The lowest BCUT2D eigenvalue weighted by atomic mass is 10.1. The molecule has 1 saturated heterocycles. The van der Waals surface area contributed by atoms with Crippen LogP contribution in [0.2, 0.25) is 0 Å². The first kappa shape index (κ1) is 29.8. The van der Waals surface area contributed by atoms with Gasteiger partial charge in [-0.1, -0.05) is 54.2 Å². The number of hydrogen-bond donors (Lipinski definition) is 1. The second-order valence-corrected chi connectivity index (χ2v) is 10.6. The summed E-state index contributed by atoms with van der Waals surface area (Å²) in [6.45, 7) is 2.37. The van der Waals surface area contributed by atoms with Gasteiger partial charge in [0.15, 0.2) is 11.0 Å². The standard InChI is InChI=1S/C30H27F3N6O3S/c1-20-6-2-3-8-25(20)39-26(40)18-43-29(39)36-28(41)34-17-5-4-7-21-9-11-22(12-10-21)27-35-19-38(37-27)23-13-15-24(16-14-23)42-30(31,32)33/h2-3,6,8-16,19H,4-5,7,17-18H2,1H3,(H,34,41). The molecule has 1 N–H and O–H groups in total. The number of thioether (sulfide) groups is 1. The number of hydrogen-bond acceptors (Lipinski definition) is 6. The van der Waals surface area contributed by atoms with E-state index in [2.05, 4.69) is 25.1 Å². The van der Waals surface area contributed by atoms with E-state index in [0.717, 1.165) is 41.6 Å². The molecule has 43 heavy (non-hydrogen) atoms. The fourth-order valence-electron chi connectivity index (χ4n) is 4.41. The summed E-state index contributed by atoms with van der Waals surface area (Å²) in [5.74, 6) is 0.313. The van der Waals surface area contributed by atoms with Crippen LogP contribution in [0.4, 0.5) is 23.7 Å². The number of ether oxygens (including phenoxy) is 1. The molecule has 1 aromatic heterocycles. The number of para-hydroxylation sites is 1. The van der Waals surface area contributed by atoms with Gasteiger partial charge in [-0.05, 0) is 67.6 Å². The van der Waals surface area contributed by atoms with E-state index in [9.17, 15) is 22.8 Å². The summed E-state index contributed by atoms with van der Waals surface area (Å²) >= 11 is 1.25. The predicted molar refractivity (Wildman–Crippen MR) is 158 cm³/mol. The van der Waals surface area contributed by atoms with Crippen LogP contribution in [0.1, 0.15) is 24.0 Å². The van der Waals surface area contributed by atoms with E-state index in [4.69, 9.17) is 0 Å². The van der Waals surface area contributed by atoms with Crippen LogP contribution in [0.25, 0.3) is 17.1 Å². The zero-order valence-electron chi connectivity index (χ0n) is 23.0. The van der Waals surface area contributed by atoms with E-state index in [1.165, 1.54) is 51.9 Å².